The van der Waals surface area contributed by atoms with Crippen LogP contribution in [0, 0.1) is 0 Å². The van der Waals surface area contributed by atoms with Gasteiger partial charge in [0, 0.05) is 10.9 Å². The lowest BCUT2D eigenvalue weighted by atomic mass is 9.80. The molecule has 6 nitrogen and oxygen atoms in total. The number of benzene rings is 2. The zero-order valence-corrected chi connectivity index (χ0v) is 17.8. The molecule has 1 aliphatic carbocycles. The third-order valence-electron chi connectivity index (χ3n) is 6.14. The van der Waals surface area contributed by atoms with Crippen molar-refractivity contribution in [3.63, 3.8) is 0 Å². The molecular formula is C23H26N2O4S. The number of aromatic nitrogens is 1. The normalized spacial score (nSPS) is 15.5. The van der Waals surface area contributed by atoms with Crippen LogP contribution in [0.2, 0.25) is 0 Å². The molecule has 1 aromatic heterocycles. The van der Waals surface area contributed by atoms with Gasteiger partial charge in [-0.25, -0.2) is 22.9 Å². The van der Waals surface area contributed by atoms with Crippen molar-refractivity contribution in [2.75, 3.05) is 0 Å². The predicted octanol–water partition coefficient (Wildman–Crippen LogP) is 5.09. The first kappa shape index (κ1) is 20.6. The highest BCUT2D eigenvalue weighted by molar-refractivity contribution is 7.89. The van der Waals surface area contributed by atoms with Crippen molar-refractivity contribution in [3.05, 3.63) is 53.6 Å². The lowest BCUT2D eigenvalue weighted by Gasteiger charge is -2.27. The molecule has 158 valence electrons. The van der Waals surface area contributed by atoms with Crippen LogP contribution in [0.1, 0.15) is 56.1 Å². The van der Waals surface area contributed by atoms with Crippen molar-refractivity contribution in [2.24, 2.45) is 5.14 Å². The Balaban J connectivity index is 2.08. The van der Waals surface area contributed by atoms with Gasteiger partial charge in [-0.15, -0.1) is 0 Å². The van der Waals surface area contributed by atoms with E-state index in [1.807, 2.05) is 25.1 Å². The Morgan fingerprint density at radius 2 is 1.83 bits per heavy atom. The fourth-order valence-corrected chi connectivity index (χ4v) is 5.94. The number of hydrogen-bond acceptors (Lipinski definition) is 3. The summed E-state index contributed by atoms with van der Waals surface area (Å²) in [5, 5.41) is 16.4. The first-order chi connectivity index (χ1) is 14.3. The first-order valence-corrected chi connectivity index (χ1v) is 11.9. The van der Waals surface area contributed by atoms with Gasteiger partial charge < -0.3 is 5.11 Å². The molecule has 1 saturated carbocycles. The highest BCUT2D eigenvalue weighted by Gasteiger charge is 2.30. The molecule has 7 heteroatoms. The van der Waals surface area contributed by atoms with Crippen LogP contribution in [0.5, 0.6) is 0 Å². The standard InChI is InChI=1S/C23H26N2O4S/c1-2-15-12-13-18(20-14-17-10-6-7-11-19(17)25(20)23(26)27)22(30(24,28)29)21(15)16-8-4-3-5-9-16/h6-7,10-14,16H,2-5,8-9H2,1H3,(H,26,27)(H2,24,28,29). The number of para-hydroxylation sites is 1. The molecule has 0 unspecified atom stereocenters. The zero-order chi connectivity index (χ0) is 21.5. The topological polar surface area (TPSA) is 102 Å². The summed E-state index contributed by atoms with van der Waals surface area (Å²) in [5.41, 5.74) is 2.94. The van der Waals surface area contributed by atoms with Crippen molar-refractivity contribution in [1.29, 1.82) is 0 Å². The Kier molecular flexibility index (Phi) is 5.42. The van der Waals surface area contributed by atoms with Crippen LogP contribution in [-0.4, -0.2) is 24.2 Å². The Hall–Kier alpha value is -2.64. The highest BCUT2D eigenvalue weighted by atomic mass is 32.2. The van der Waals surface area contributed by atoms with Gasteiger partial charge >= 0.3 is 6.09 Å². The van der Waals surface area contributed by atoms with Crippen LogP contribution in [0.15, 0.2) is 47.4 Å². The van der Waals surface area contributed by atoms with Crippen molar-refractivity contribution in [1.82, 2.24) is 4.57 Å². The molecule has 30 heavy (non-hydrogen) atoms. The van der Waals surface area contributed by atoms with Crippen LogP contribution < -0.4 is 5.14 Å². The fourth-order valence-electron chi connectivity index (χ4n) is 4.85. The molecule has 1 aliphatic rings. The number of carbonyl (C=O) groups is 1. The van der Waals surface area contributed by atoms with Crippen LogP contribution >= 0.6 is 0 Å². The number of hydrogen-bond donors (Lipinski definition) is 2. The number of sulfonamides is 1. The highest BCUT2D eigenvalue weighted by Crippen LogP contribution is 2.42. The molecule has 0 aliphatic heterocycles. The molecule has 3 aromatic rings. The van der Waals surface area contributed by atoms with Gasteiger partial charge in [0.1, 0.15) is 0 Å². The maximum absolute atomic E-state index is 12.9. The molecule has 2 aromatic carbocycles. The summed E-state index contributed by atoms with van der Waals surface area (Å²) >= 11 is 0. The van der Waals surface area contributed by atoms with Gasteiger partial charge in [0.05, 0.1) is 16.1 Å². The largest absolute Gasteiger partial charge is 0.464 e. The minimum absolute atomic E-state index is 0.0825. The number of carboxylic acid groups (broad SMARTS) is 1. The summed E-state index contributed by atoms with van der Waals surface area (Å²) in [6.45, 7) is 2.00. The minimum atomic E-state index is -4.08. The monoisotopic (exact) mass is 426 g/mol. The molecule has 0 atom stereocenters. The van der Waals surface area contributed by atoms with Crippen molar-refractivity contribution in [3.8, 4) is 11.3 Å². The second kappa shape index (κ2) is 7.89. The van der Waals surface area contributed by atoms with E-state index in [1.54, 1.807) is 24.3 Å². The van der Waals surface area contributed by atoms with Gasteiger partial charge in [-0.1, -0.05) is 56.5 Å². The summed E-state index contributed by atoms with van der Waals surface area (Å²) in [6.07, 6.45) is 4.62. The summed E-state index contributed by atoms with van der Waals surface area (Å²) in [5.74, 6) is 0.115. The molecule has 0 radical (unpaired) electrons. The lowest BCUT2D eigenvalue weighted by molar-refractivity contribution is 0.198. The molecule has 0 saturated heterocycles. The van der Waals surface area contributed by atoms with Gasteiger partial charge in [-0.2, -0.15) is 0 Å². The molecule has 1 heterocycles. The van der Waals surface area contributed by atoms with Gasteiger partial charge in [0.25, 0.3) is 0 Å². The quantitative estimate of drug-likeness (QED) is 0.606. The second-order valence-corrected chi connectivity index (χ2v) is 9.45. The molecule has 0 bridgehead atoms. The average molecular weight is 427 g/mol. The van der Waals surface area contributed by atoms with Crippen LogP contribution in [0.4, 0.5) is 4.79 Å². The van der Waals surface area contributed by atoms with Gasteiger partial charge in [-0.3, -0.25) is 0 Å². The molecule has 3 N–H and O–H groups in total. The Bertz CT molecular complexity index is 1220. The lowest BCUT2D eigenvalue weighted by Crippen LogP contribution is -2.21. The molecule has 4 rings (SSSR count). The van der Waals surface area contributed by atoms with Crippen LogP contribution in [0.25, 0.3) is 22.2 Å². The summed E-state index contributed by atoms with van der Waals surface area (Å²) in [6, 6.07) is 12.5. The number of rotatable bonds is 4. The Morgan fingerprint density at radius 3 is 2.47 bits per heavy atom. The number of nitrogens with two attached hydrogens (primary N) is 1. The maximum atomic E-state index is 12.9. The van der Waals surface area contributed by atoms with Crippen molar-refractivity contribution >= 4 is 27.0 Å². The van der Waals surface area contributed by atoms with E-state index in [9.17, 15) is 18.3 Å². The van der Waals surface area contributed by atoms with Crippen LogP contribution in [0.3, 0.4) is 0 Å². The predicted molar refractivity (Wildman–Crippen MR) is 117 cm³/mol. The molecule has 1 fully saturated rings. The molecular weight excluding hydrogens is 400 g/mol. The third-order valence-corrected chi connectivity index (χ3v) is 7.15. The van der Waals surface area contributed by atoms with Gasteiger partial charge in [0.15, 0.2) is 0 Å². The number of aryl methyl sites for hydroxylation is 1. The van der Waals surface area contributed by atoms with Crippen molar-refractivity contribution < 1.29 is 18.3 Å². The van der Waals surface area contributed by atoms with E-state index in [0.717, 1.165) is 53.2 Å². The molecule has 0 amide bonds. The molecule has 0 spiro atoms. The van der Waals surface area contributed by atoms with Gasteiger partial charge in [-0.05, 0) is 48.4 Å². The van der Waals surface area contributed by atoms with E-state index < -0.39 is 16.1 Å². The summed E-state index contributed by atoms with van der Waals surface area (Å²) in [7, 11) is -4.08. The summed E-state index contributed by atoms with van der Waals surface area (Å²) < 4.78 is 26.9. The number of primary sulfonamides is 1. The van der Waals surface area contributed by atoms with E-state index >= 15 is 0 Å². The number of nitrogens with zero attached hydrogens (tertiary/aromatic N) is 1. The third kappa shape index (κ3) is 3.52. The van der Waals surface area contributed by atoms with E-state index in [2.05, 4.69) is 0 Å². The fraction of sp³-hybridized carbons (Fsp3) is 0.348. The Morgan fingerprint density at radius 1 is 1.13 bits per heavy atom. The van der Waals surface area contributed by atoms with E-state index in [4.69, 9.17) is 5.14 Å². The maximum Gasteiger partial charge on any atom is 0.416 e. The zero-order valence-electron chi connectivity index (χ0n) is 17.0. The van der Waals surface area contributed by atoms with Crippen molar-refractivity contribution in [2.45, 2.75) is 56.3 Å². The smallest absolute Gasteiger partial charge is 0.416 e. The Labute approximate surface area is 176 Å². The average Bonchev–Trinajstić information content (AvgIpc) is 3.12. The van der Waals surface area contributed by atoms with E-state index in [-0.39, 0.29) is 10.8 Å². The first-order valence-electron chi connectivity index (χ1n) is 10.4. The summed E-state index contributed by atoms with van der Waals surface area (Å²) in [4.78, 5) is 12.2. The van der Waals surface area contributed by atoms with E-state index in [1.165, 1.54) is 0 Å². The van der Waals surface area contributed by atoms with Crippen LogP contribution in [-0.2, 0) is 16.4 Å². The minimum Gasteiger partial charge on any atom is -0.464 e. The second-order valence-electron chi connectivity index (χ2n) is 7.95. The van der Waals surface area contributed by atoms with E-state index in [0.29, 0.717) is 23.2 Å². The number of fused-ring (bicyclic) bond motifs is 1. The van der Waals surface area contributed by atoms with Gasteiger partial charge in [0.2, 0.25) is 10.0 Å². The SMILES string of the molecule is CCc1ccc(-c2cc3ccccc3n2C(=O)O)c(S(N)(=O)=O)c1C1CCCCC1.